The van der Waals surface area contributed by atoms with Crippen LogP contribution >= 0.6 is 24.4 Å². The summed E-state index contributed by atoms with van der Waals surface area (Å²) < 4.78 is 7.64. The van der Waals surface area contributed by atoms with Gasteiger partial charge in [0.05, 0.1) is 6.61 Å². The summed E-state index contributed by atoms with van der Waals surface area (Å²) in [6.07, 6.45) is -1.36. The molecule has 0 radical (unpaired) electrons. The summed E-state index contributed by atoms with van der Waals surface area (Å²) in [7, 11) is 0. The summed E-state index contributed by atoms with van der Waals surface area (Å²) in [5, 5.41) is 29.2. The first-order valence-corrected chi connectivity index (χ1v) is 6.18. The van der Waals surface area contributed by atoms with E-state index in [1.54, 1.807) is 12.3 Å². The highest BCUT2D eigenvalue weighted by Gasteiger charge is 2.52. The second kappa shape index (κ2) is 4.80. The smallest absolute Gasteiger partial charge is 0.180 e. The van der Waals surface area contributed by atoms with Crippen molar-refractivity contribution in [1.29, 1.82) is 0 Å². The van der Waals surface area contributed by atoms with Crippen molar-refractivity contribution in [3.05, 3.63) is 21.7 Å². The van der Waals surface area contributed by atoms with Crippen LogP contribution in [-0.2, 0) is 4.74 Å². The Labute approximate surface area is 113 Å². The van der Waals surface area contributed by atoms with E-state index in [0.29, 0.717) is 4.64 Å². The monoisotopic (exact) mass is 290 g/mol. The Morgan fingerprint density at radius 2 is 2.22 bits per heavy atom. The molecular weight excluding hydrogens is 276 g/mol. The number of nitrogens with zero attached hydrogens (tertiary/aromatic N) is 1. The summed E-state index contributed by atoms with van der Waals surface area (Å²) in [6.45, 7) is 1.05. The molecule has 1 fully saturated rings. The molecule has 4 atom stereocenters. The van der Waals surface area contributed by atoms with Crippen LogP contribution in [0.3, 0.4) is 0 Å². The number of rotatable bonds is 2. The van der Waals surface area contributed by atoms with Crippen molar-refractivity contribution in [3.8, 4) is 0 Å². The Morgan fingerprint density at radius 3 is 2.72 bits per heavy atom. The van der Waals surface area contributed by atoms with Crippen molar-refractivity contribution in [1.82, 2.24) is 9.55 Å². The molecular formula is C10H14N2O4S2. The molecule has 1 aliphatic heterocycles. The fourth-order valence-electron chi connectivity index (χ4n) is 2.00. The molecule has 1 saturated heterocycles. The van der Waals surface area contributed by atoms with Gasteiger partial charge in [-0.05, 0) is 25.2 Å². The molecule has 8 heteroatoms. The third-order valence-electron chi connectivity index (χ3n) is 3.04. The molecule has 0 bridgehead atoms. The summed E-state index contributed by atoms with van der Waals surface area (Å²) in [5.41, 5.74) is -1.55. The number of aliphatic hydroxyl groups is 3. The van der Waals surface area contributed by atoms with Gasteiger partial charge in [-0.2, -0.15) is 0 Å². The van der Waals surface area contributed by atoms with E-state index in [9.17, 15) is 10.2 Å². The molecule has 0 saturated carbocycles. The van der Waals surface area contributed by atoms with Gasteiger partial charge in [0.2, 0.25) is 0 Å². The summed E-state index contributed by atoms with van der Waals surface area (Å²) in [5.74, 6) is 0. The maximum atomic E-state index is 10.3. The normalized spacial score (nSPS) is 35.9. The van der Waals surface area contributed by atoms with Crippen LogP contribution in [0.4, 0.5) is 0 Å². The van der Waals surface area contributed by atoms with Crippen LogP contribution in [0, 0.1) is 9.41 Å². The van der Waals surface area contributed by atoms with Gasteiger partial charge in [0.1, 0.15) is 22.4 Å². The van der Waals surface area contributed by atoms with Crippen LogP contribution in [-0.4, -0.2) is 49.3 Å². The van der Waals surface area contributed by atoms with E-state index in [1.807, 2.05) is 0 Å². The number of nitrogens with one attached hydrogen (secondary N) is 1. The number of hydrogen-bond acceptors (Lipinski definition) is 6. The van der Waals surface area contributed by atoms with Gasteiger partial charge in [-0.25, -0.2) is 0 Å². The highest BCUT2D eigenvalue weighted by Crippen LogP contribution is 2.37. The molecule has 0 aliphatic carbocycles. The second-order valence-corrected chi connectivity index (χ2v) is 5.22. The Bertz CT molecular complexity index is 553. The number of H-pyrrole nitrogens is 1. The van der Waals surface area contributed by atoms with E-state index < -0.39 is 24.0 Å². The second-order valence-electron chi connectivity index (χ2n) is 4.40. The largest absolute Gasteiger partial charge is 0.394 e. The van der Waals surface area contributed by atoms with Gasteiger partial charge in [-0.15, -0.1) is 0 Å². The third kappa shape index (κ3) is 2.15. The first kappa shape index (κ1) is 13.8. The molecule has 18 heavy (non-hydrogen) atoms. The minimum atomic E-state index is -1.55. The van der Waals surface area contributed by atoms with Crippen LogP contribution in [0.5, 0.6) is 0 Å². The van der Waals surface area contributed by atoms with Gasteiger partial charge in [0.15, 0.2) is 11.0 Å². The van der Waals surface area contributed by atoms with E-state index >= 15 is 0 Å². The van der Waals surface area contributed by atoms with Crippen molar-refractivity contribution < 1.29 is 20.1 Å². The lowest BCUT2D eigenvalue weighted by molar-refractivity contribution is -0.0979. The van der Waals surface area contributed by atoms with Crippen molar-refractivity contribution in [3.63, 3.8) is 0 Å². The number of hydrogen-bond donors (Lipinski definition) is 4. The van der Waals surface area contributed by atoms with Gasteiger partial charge in [-0.3, -0.25) is 4.57 Å². The van der Waals surface area contributed by atoms with Crippen molar-refractivity contribution >= 4 is 24.4 Å². The molecule has 2 heterocycles. The highest BCUT2D eigenvalue weighted by atomic mass is 32.1. The molecule has 0 amide bonds. The minimum absolute atomic E-state index is 0.276. The van der Waals surface area contributed by atoms with Crippen LogP contribution < -0.4 is 0 Å². The molecule has 1 aromatic heterocycles. The number of aromatic nitrogens is 2. The first-order valence-electron chi connectivity index (χ1n) is 5.36. The lowest BCUT2D eigenvalue weighted by Gasteiger charge is -2.28. The number of ether oxygens (including phenoxy) is 1. The molecule has 100 valence electrons. The zero-order valence-electron chi connectivity index (χ0n) is 9.61. The van der Waals surface area contributed by atoms with Gasteiger partial charge in [0.25, 0.3) is 0 Å². The van der Waals surface area contributed by atoms with E-state index in [1.165, 1.54) is 11.5 Å². The van der Waals surface area contributed by atoms with Crippen LogP contribution in [0.1, 0.15) is 13.2 Å². The average Bonchev–Trinajstić information content (AvgIpc) is 2.52. The first-order chi connectivity index (χ1) is 8.37. The molecule has 0 spiro atoms. The van der Waals surface area contributed by atoms with Crippen molar-refractivity contribution in [2.24, 2.45) is 0 Å². The molecule has 1 aliphatic rings. The van der Waals surface area contributed by atoms with Crippen molar-refractivity contribution in [2.75, 3.05) is 6.61 Å². The number of aromatic amines is 1. The Kier molecular flexibility index (Phi) is 3.67. The Hall–Kier alpha value is -0.640. The molecule has 2 rings (SSSR count). The predicted octanol–water partition coefficient (Wildman–Crippen LogP) is 0.277. The highest BCUT2D eigenvalue weighted by molar-refractivity contribution is 7.72. The molecule has 1 aromatic rings. The zero-order chi connectivity index (χ0) is 13.5. The van der Waals surface area contributed by atoms with Gasteiger partial charge < -0.3 is 25.0 Å². The SMILES string of the molecule is C[C@@]1(O)C(O)[C@@H](CO)O[C@H]1n1ccc(=S)[nH]c1=S. The average molecular weight is 290 g/mol. The standard InChI is InChI=1S/C10H14N2O4S2/c1-10(15)7(14)5(4-13)16-8(10)12-3-2-6(17)11-9(12)18/h2-3,5,7-8,13-15H,4H2,1H3,(H,11,17,18)/t5-,7?,8-,10-/m1/s1. The van der Waals surface area contributed by atoms with E-state index in [2.05, 4.69) is 4.98 Å². The van der Waals surface area contributed by atoms with Crippen LogP contribution in [0.25, 0.3) is 0 Å². The molecule has 4 N–H and O–H groups in total. The summed E-state index contributed by atoms with van der Waals surface area (Å²) >= 11 is 10.0. The quantitative estimate of drug-likeness (QED) is 0.585. The zero-order valence-corrected chi connectivity index (χ0v) is 11.2. The Balaban J connectivity index is 2.45. The maximum Gasteiger partial charge on any atom is 0.180 e. The molecule has 1 unspecified atom stereocenters. The Morgan fingerprint density at radius 1 is 1.56 bits per heavy atom. The fraction of sp³-hybridized carbons (Fsp3) is 0.600. The predicted molar refractivity (Wildman–Crippen MR) is 68.1 cm³/mol. The summed E-state index contributed by atoms with van der Waals surface area (Å²) in [4.78, 5) is 2.76. The number of aliphatic hydroxyl groups excluding tert-OH is 2. The topological polar surface area (TPSA) is 90.6 Å². The lowest BCUT2D eigenvalue weighted by atomic mass is 9.96. The lowest BCUT2D eigenvalue weighted by Crippen LogP contribution is -2.44. The van der Waals surface area contributed by atoms with E-state index in [0.717, 1.165) is 0 Å². The maximum absolute atomic E-state index is 10.3. The van der Waals surface area contributed by atoms with Crippen molar-refractivity contribution in [2.45, 2.75) is 31.0 Å². The van der Waals surface area contributed by atoms with Gasteiger partial charge in [-0.1, -0.05) is 12.2 Å². The molecule has 0 aromatic carbocycles. The van der Waals surface area contributed by atoms with E-state index in [-0.39, 0.29) is 11.4 Å². The molecule has 6 nitrogen and oxygen atoms in total. The fourth-order valence-corrected chi connectivity index (χ4v) is 2.49. The van der Waals surface area contributed by atoms with Gasteiger partial charge in [0, 0.05) is 6.20 Å². The third-order valence-corrected chi connectivity index (χ3v) is 3.59. The van der Waals surface area contributed by atoms with Crippen LogP contribution in [0.15, 0.2) is 12.3 Å². The minimum Gasteiger partial charge on any atom is -0.394 e. The summed E-state index contributed by atoms with van der Waals surface area (Å²) in [6, 6.07) is 1.60. The van der Waals surface area contributed by atoms with Gasteiger partial charge >= 0.3 is 0 Å². The van der Waals surface area contributed by atoms with Crippen LogP contribution in [0.2, 0.25) is 0 Å². The van der Waals surface area contributed by atoms with E-state index in [4.69, 9.17) is 34.3 Å².